The van der Waals surface area contributed by atoms with Crippen LogP contribution < -0.4 is 10.1 Å². The lowest BCUT2D eigenvalue weighted by molar-refractivity contribution is -0.145. The standard InChI is InChI=1S/C21H19NO4/c23-20(18-12-10-16-17(11-12)26-21(24)19(16)18)22-13-6-8-15(9-7-13)25-14-4-2-1-3-5-14/h1-9,12,16-19H,10-11H2,(H,22,23)/t12-,16-,17+,18-,19-/m1/s1. The van der Waals surface area contributed by atoms with Gasteiger partial charge in [0.15, 0.2) is 0 Å². The zero-order valence-corrected chi connectivity index (χ0v) is 14.1. The van der Waals surface area contributed by atoms with Crippen LogP contribution in [-0.4, -0.2) is 18.0 Å². The molecule has 5 rings (SSSR count). The first-order chi connectivity index (χ1) is 12.7. The molecule has 3 aliphatic rings. The summed E-state index contributed by atoms with van der Waals surface area (Å²) in [6.45, 7) is 0. The average molecular weight is 349 g/mol. The number of nitrogens with one attached hydrogen (secondary N) is 1. The van der Waals surface area contributed by atoms with E-state index in [-0.39, 0.29) is 41.7 Å². The fraction of sp³-hybridized carbons (Fsp3) is 0.333. The normalized spacial score (nSPS) is 30.9. The molecule has 2 aromatic rings. The van der Waals surface area contributed by atoms with Gasteiger partial charge in [0, 0.05) is 11.6 Å². The number of carbonyl (C=O) groups is 2. The molecule has 1 N–H and O–H groups in total. The van der Waals surface area contributed by atoms with Crippen LogP contribution in [-0.2, 0) is 14.3 Å². The van der Waals surface area contributed by atoms with Gasteiger partial charge in [-0.05, 0) is 55.2 Å². The predicted molar refractivity (Wildman–Crippen MR) is 94.7 cm³/mol. The van der Waals surface area contributed by atoms with Crippen molar-refractivity contribution >= 4 is 17.6 Å². The number of anilines is 1. The second-order valence-electron chi connectivity index (χ2n) is 7.35. The molecule has 1 aliphatic heterocycles. The first-order valence-electron chi connectivity index (χ1n) is 9.03. The third-order valence-electron chi connectivity index (χ3n) is 5.89. The lowest BCUT2D eigenvalue weighted by atomic mass is 9.79. The molecule has 26 heavy (non-hydrogen) atoms. The Bertz CT molecular complexity index is 846. The largest absolute Gasteiger partial charge is 0.462 e. The highest BCUT2D eigenvalue weighted by atomic mass is 16.6. The Labute approximate surface area is 151 Å². The van der Waals surface area contributed by atoms with Gasteiger partial charge >= 0.3 is 5.97 Å². The van der Waals surface area contributed by atoms with E-state index < -0.39 is 0 Å². The maximum absolute atomic E-state index is 12.8. The Morgan fingerprint density at radius 1 is 1.00 bits per heavy atom. The van der Waals surface area contributed by atoms with E-state index in [9.17, 15) is 9.59 Å². The minimum atomic E-state index is -0.258. The molecule has 0 aromatic heterocycles. The van der Waals surface area contributed by atoms with Crippen molar-refractivity contribution in [2.45, 2.75) is 18.9 Å². The molecule has 0 radical (unpaired) electrons. The Hall–Kier alpha value is -2.82. The van der Waals surface area contributed by atoms with E-state index in [1.807, 2.05) is 54.6 Å². The van der Waals surface area contributed by atoms with E-state index in [0.717, 1.165) is 18.6 Å². The minimum absolute atomic E-state index is 0.0518. The first-order valence-corrected chi connectivity index (χ1v) is 9.03. The first kappa shape index (κ1) is 15.4. The summed E-state index contributed by atoms with van der Waals surface area (Å²) in [4.78, 5) is 24.8. The Morgan fingerprint density at radius 2 is 1.73 bits per heavy atom. The number of amides is 1. The average Bonchev–Trinajstić information content (AvgIpc) is 3.26. The number of fused-ring (bicyclic) bond motifs is 1. The maximum atomic E-state index is 12.8. The Kier molecular flexibility index (Phi) is 3.48. The van der Waals surface area contributed by atoms with Gasteiger partial charge < -0.3 is 14.8 Å². The van der Waals surface area contributed by atoms with Crippen molar-refractivity contribution in [3.05, 3.63) is 54.6 Å². The molecule has 1 heterocycles. The SMILES string of the molecule is O=C(Nc1ccc(Oc2ccccc2)cc1)[C@@H]1[C@@H]2C[C@H]3[C@H]1C(=O)O[C@H]3C2. The summed E-state index contributed by atoms with van der Waals surface area (Å²) in [5.74, 6) is 1.21. The van der Waals surface area contributed by atoms with E-state index >= 15 is 0 Å². The van der Waals surface area contributed by atoms with Crippen LogP contribution in [0.15, 0.2) is 54.6 Å². The lowest BCUT2D eigenvalue weighted by Crippen LogP contribution is -2.35. The summed E-state index contributed by atoms with van der Waals surface area (Å²) >= 11 is 0. The van der Waals surface area contributed by atoms with Gasteiger partial charge in [-0.1, -0.05) is 18.2 Å². The second kappa shape index (κ2) is 5.87. The molecule has 1 saturated heterocycles. The van der Waals surface area contributed by atoms with Gasteiger partial charge in [-0.3, -0.25) is 9.59 Å². The molecule has 5 heteroatoms. The van der Waals surface area contributed by atoms with Crippen molar-refractivity contribution in [1.82, 2.24) is 0 Å². The van der Waals surface area contributed by atoms with Crippen LogP contribution in [0.5, 0.6) is 11.5 Å². The number of para-hydroxylation sites is 1. The van der Waals surface area contributed by atoms with E-state index in [4.69, 9.17) is 9.47 Å². The summed E-state index contributed by atoms with van der Waals surface area (Å²) in [5, 5.41) is 2.96. The highest BCUT2D eigenvalue weighted by Gasteiger charge is 2.63. The predicted octanol–water partition coefficient (Wildman–Crippen LogP) is 3.62. The molecule has 0 unspecified atom stereocenters. The number of hydrogen-bond donors (Lipinski definition) is 1. The summed E-state index contributed by atoms with van der Waals surface area (Å²) < 4.78 is 11.2. The summed E-state index contributed by atoms with van der Waals surface area (Å²) in [7, 11) is 0. The fourth-order valence-corrected chi connectivity index (χ4v) is 4.82. The van der Waals surface area contributed by atoms with Crippen LogP contribution in [0.4, 0.5) is 5.69 Å². The third-order valence-corrected chi connectivity index (χ3v) is 5.89. The summed E-state index contributed by atoms with van der Waals surface area (Å²) in [6, 6.07) is 16.8. The number of ether oxygens (including phenoxy) is 2. The quantitative estimate of drug-likeness (QED) is 0.857. The third kappa shape index (κ3) is 2.46. The summed E-state index contributed by atoms with van der Waals surface area (Å²) in [5.41, 5.74) is 0.709. The second-order valence-corrected chi connectivity index (χ2v) is 7.35. The lowest BCUT2D eigenvalue weighted by Gasteiger charge is -2.23. The molecular formula is C21H19NO4. The van der Waals surface area contributed by atoms with Crippen LogP contribution in [0.2, 0.25) is 0 Å². The van der Waals surface area contributed by atoms with Gasteiger partial charge in [-0.15, -0.1) is 0 Å². The van der Waals surface area contributed by atoms with Crippen molar-refractivity contribution in [2.24, 2.45) is 23.7 Å². The van der Waals surface area contributed by atoms with Crippen molar-refractivity contribution in [1.29, 1.82) is 0 Å². The van der Waals surface area contributed by atoms with Gasteiger partial charge in [-0.2, -0.15) is 0 Å². The van der Waals surface area contributed by atoms with E-state index in [0.29, 0.717) is 11.4 Å². The zero-order chi connectivity index (χ0) is 17.7. The molecule has 0 spiro atoms. The zero-order valence-electron chi connectivity index (χ0n) is 14.1. The highest BCUT2D eigenvalue weighted by molar-refractivity contribution is 5.97. The molecule has 5 atom stereocenters. The van der Waals surface area contributed by atoms with Gasteiger partial charge in [0.1, 0.15) is 17.6 Å². The molecule has 3 fully saturated rings. The molecule has 1 amide bonds. The van der Waals surface area contributed by atoms with Crippen LogP contribution in [0.3, 0.4) is 0 Å². The Balaban J connectivity index is 1.27. The molecule has 2 aliphatic carbocycles. The molecule has 132 valence electrons. The van der Waals surface area contributed by atoms with Gasteiger partial charge in [0.25, 0.3) is 0 Å². The highest BCUT2D eigenvalue weighted by Crippen LogP contribution is 2.57. The molecule has 2 aromatic carbocycles. The topological polar surface area (TPSA) is 64.6 Å². The van der Waals surface area contributed by atoms with Gasteiger partial charge in [-0.25, -0.2) is 0 Å². The fourth-order valence-electron chi connectivity index (χ4n) is 4.82. The molecule has 5 nitrogen and oxygen atoms in total. The number of hydrogen-bond acceptors (Lipinski definition) is 4. The van der Waals surface area contributed by atoms with Crippen molar-refractivity contribution in [3.63, 3.8) is 0 Å². The monoisotopic (exact) mass is 349 g/mol. The minimum Gasteiger partial charge on any atom is -0.462 e. The number of benzene rings is 2. The van der Waals surface area contributed by atoms with E-state index in [1.165, 1.54) is 0 Å². The molecule has 2 saturated carbocycles. The molecule has 2 bridgehead atoms. The molecular weight excluding hydrogens is 330 g/mol. The van der Waals surface area contributed by atoms with Crippen LogP contribution in [0.25, 0.3) is 0 Å². The summed E-state index contributed by atoms with van der Waals surface area (Å²) in [6.07, 6.45) is 1.81. The van der Waals surface area contributed by atoms with Gasteiger partial charge in [0.2, 0.25) is 5.91 Å². The number of esters is 1. The van der Waals surface area contributed by atoms with Crippen molar-refractivity contribution < 1.29 is 19.1 Å². The van der Waals surface area contributed by atoms with Crippen molar-refractivity contribution in [3.8, 4) is 11.5 Å². The van der Waals surface area contributed by atoms with Crippen LogP contribution >= 0.6 is 0 Å². The number of rotatable bonds is 4. The van der Waals surface area contributed by atoms with Crippen LogP contribution in [0, 0.1) is 23.7 Å². The Morgan fingerprint density at radius 3 is 2.50 bits per heavy atom. The van der Waals surface area contributed by atoms with Crippen LogP contribution in [0.1, 0.15) is 12.8 Å². The smallest absolute Gasteiger partial charge is 0.310 e. The maximum Gasteiger partial charge on any atom is 0.310 e. The van der Waals surface area contributed by atoms with E-state index in [1.54, 1.807) is 0 Å². The number of carbonyl (C=O) groups excluding carboxylic acids is 2. The van der Waals surface area contributed by atoms with Crippen molar-refractivity contribution in [2.75, 3.05) is 5.32 Å². The van der Waals surface area contributed by atoms with Gasteiger partial charge in [0.05, 0.1) is 11.8 Å². The van der Waals surface area contributed by atoms with E-state index in [2.05, 4.69) is 5.32 Å².